The summed E-state index contributed by atoms with van der Waals surface area (Å²) in [6, 6.07) is 0. The van der Waals surface area contributed by atoms with E-state index in [1.54, 1.807) is 0 Å². The Morgan fingerprint density at radius 3 is 2.39 bits per heavy atom. The number of rotatable bonds is 4. The Morgan fingerprint density at radius 2 is 1.94 bits per heavy atom. The molecule has 0 aromatic rings. The molecule has 1 unspecified atom stereocenters. The van der Waals surface area contributed by atoms with Crippen molar-refractivity contribution < 1.29 is 37.2 Å². The van der Waals surface area contributed by atoms with Crippen molar-refractivity contribution in [1.29, 1.82) is 0 Å². The normalized spacial score (nSPS) is 41.6. The molecule has 1 saturated heterocycles. The van der Waals surface area contributed by atoms with E-state index in [-0.39, 0.29) is 6.42 Å². The quantitative estimate of drug-likeness (QED) is 0.365. The van der Waals surface area contributed by atoms with E-state index in [0.29, 0.717) is 0 Å². The van der Waals surface area contributed by atoms with Crippen LogP contribution in [0.25, 0.3) is 0 Å². The zero-order valence-corrected chi connectivity index (χ0v) is 10.4. The van der Waals surface area contributed by atoms with Gasteiger partial charge in [0.1, 0.15) is 18.3 Å². The maximum Gasteiger partial charge on any atom is 0.400 e. The van der Waals surface area contributed by atoms with E-state index in [9.17, 15) is 23.7 Å². The molecule has 1 heterocycles. The van der Waals surface area contributed by atoms with Crippen molar-refractivity contribution in [1.82, 2.24) is 0 Å². The third-order valence-corrected chi connectivity index (χ3v) is 3.16. The average Bonchev–Trinajstić information content (AvgIpc) is 2.22. The Kier molecular flexibility index (Phi) is 4.49. The Hall–Kier alpha value is -0.550. The lowest BCUT2D eigenvalue weighted by Gasteiger charge is -2.46. The zero-order valence-electron chi connectivity index (χ0n) is 9.63. The highest BCUT2D eigenvalue weighted by atomic mass is 32.3. The van der Waals surface area contributed by atoms with Crippen molar-refractivity contribution in [2.45, 2.75) is 43.5 Å². The van der Waals surface area contributed by atoms with Crippen LogP contribution in [0.3, 0.4) is 0 Å². The van der Waals surface area contributed by atoms with Crippen LogP contribution in [-0.2, 0) is 19.3 Å². The van der Waals surface area contributed by atoms with Crippen molar-refractivity contribution in [2.24, 2.45) is 0 Å². The molecule has 0 radical (unpaired) electrons. The summed E-state index contributed by atoms with van der Waals surface area (Å²) >= 11 is 0. The molecule has 1 fully saturated rings. The molecule has 0 aliphatic carbocycles. The molecule has 18 heavy (non-hydrogen) atoms. The van der Waals surface area contributed by atoms with Gasteiger partial charge < -0.3 is 20.1 Å². The van der Waals surface area contributed by atoms with Crippen LogP contribution in [0.5, 0.6) is 0 Å². The van der Waals surface area contributed by atoms with Crippen molar-refractivity contribution in [3.05, 3.63) is 12.7 Å². The minimum Gasteiger partial charge on any atom is -0.388 e. The first kappa shape index (κ1) is 15.5. The van der Waals surface area contributed by atoms with Crippen molar-refractivity contribution in [3.8, 4) is 0 Å². The van der Waals surface area contributed by atoms with Crippen LogP contribution < -0.4 is 0 Å². The van der Waals surface area contributed by atoms with Crippen molar-refractivity contribution in [3.63, 3.8) is 0 Å². The fourth-order valence-electron chi connectivity index (χ4n) is 1.83. The number of ether oxygens (including phenoxy) is 1. The molecule has 0 aromatic heterocycles. The van der Waals surface area contributed by atoms with Gasteiger partial charge in [-0.15, -0.1) is 6.58 Å². The van der Waals surface area contributed by atoms with Crippen LogP contribution in [0.4, 0.5) is 0 Å². The smallest absolute Gasteiger partial charge is 0.388 e. The standard InChI is InChI=1S/C9H16O8S/c1-3-4-9(17-18(13,14)15)8(12)7(11)6(10)5(2)16-9/h3,5-8,10-12H,1,4H2,2H3,(H,13,14,15)/t5-,6-,7+,8-,9?/m1/s1. The molecule has 106 valence electrons. The van der Waals surface area contributed by atoms with Gasteiger partial charge in [0.05, 0.1) is 6.10 Å². The molecular formula is C9H16O8S. The van der Waals surface area contributed by atoms with Gasteiger partial charge in [0.25, 0.3) is 0 Å². The molecule has 1 aliphatic rings. The maximum atomic E-state index is 10.8. The topological polar surface area (TPSA) is 134 Å². The van der Waals surface area contributed by atoms with Crippen molar-refractivity contribution >= 4 is 10.4 Å². The first-order chi connectivity index (χ1) is 8.13. The van der Waals surface area contributed by atoms with Gasteiger partial charge >= 0.3 is 10.4 Å². The Bertz CT molecular complexity index is 407. The predicted molar refractivity (Wildman–Crippen MR) is 58.7 cm³/mol. The monoisotopic (exact) mass is 284 g/mol. The molecule has 0 saturated carbocycles. The summed E-state index contributed by atoms with van der Waals surface area (Å²) in [4.78, 5) is 0. The highest BCUT2D eigenvalue weighted by Crippen LogP contribution is 2.35. The molecule has 1 rings (SSSR count). The summed E-state index contributed by atoms with van der Waals surface area (Å²) in [5.41, 5.74) is 0. The van der Waals surface area contributed by atoms with Gasteiger partial charge in [-0.05, 0) is 6.92 Å². The van der Waals surface area contributed by atoms with Gasteiger partial charge in [-0.25, -0.2) is 4.18 Å². The maximum absolute atomic E-state index is 10.8. The molecular weight excluding hydrogens is 268 g/mol. The Labute approximate surface area is 104 Å². The second-order valence-electron chi connectivity index (χ2n) is 4.06. The van der Waals surface area contributed by atoms with E-state index in [2.05, 4.69) is 10.8 Å². The second-order valence-corrected chi connectivity index (χ2v) is 5.09. The summed E-state index contributed by atoms with van der Waals surface area (Å²) in [5, 5.41) is 28.9. The Morgan fingerprint density at radius 1 is 1.39 bits per heavy atom. The zero-order chi connectivity index (χ0) is 14.1. The van der Waals surface area contributed by atoms with Crippen LogP contribution >= 0.6 is 0 Å². The van der Waals surface area contributed by atoms with Crippen LogP contribution in [0.1, 0.15) is 13.3 Å². The van der Waals surface area contributed by atoms with Gasteiger partial charge in [-0.3, -0.25) is 4.55 Å². The van der Waals surface area contributed by atoms with E-state index in [1.807, 2.05) is 0 Å². The lowest BCUT2D eigenvalue weighted by atomic mass is 9.91. The second kappa shape index (κ2) is 5.21. The van der Waals surface area contributed by atoms with E-state index in [4.69, 9.17) is 9.29 Å². The SMILES string of the molecule is C=CCC1(OS(=O)(=O)O)O[C@H](C)[C@@H](O)[C@H](O)[C@H]1O. The first-order valence-corrected chi connectivity index (χ1v) is 6.50. The lowest BCUT2D eigenvalue weighted by molar-refractivity contribution is -0.329. The highest BCUT2D eigenvalue weighted by molar-refractivity contribution is 7.80. The van der Waals surface area contributed by atoms with E-state index >= 15 is 0 Å². The van der Waals surface area contributed by atoms with Gasteiger partial charge in [0, 0.05) is 6.42 Å². The van der Waals surface area contributed by atoms with Crippen molar-refractivity contribution in [2.75, 3.05) is 0 Å². The fraction of sp³-hybridized carbons (Fsp3) is 0.778. The molecule has 0 bridgehead atoms. The summed E-state index contributed by atoms with van der Waals surface area (Å²) in [7, 11) is -4.93. The third-order valence-electron chi connectivity index (χ3n) is 2.67. The van der Waals surface area contributed by atoms with Gasteiger partial charge in [-0.2, -0.15) is 8.42 Å². The largest absolute Gasteiger partial charge is 0.400 e. The molecule has 5 atom stereocenters. The third kappa shape index (κ3) is 3.06. The highest BCUT2D eigenvalue weighted by Gasteiger charge is 2.54. The minimum atomic E-state index is -4.93. The van der Waals surface area contributed by atoms with Gasteiger partial charge in [0.2, 0.25) is 5.79 Å². The molecule has 4 N–H and O–H groups in total. The van der Waals surface area contributed by atoms with Crippen LogP contribution in [0.2, 0.25) is 0 Å². The summed E-state index contributed by atoms with van der Waals surface area (Å²) in [6.45, 7) is 4.69. The number of hydrogen-bond acceptors (Lipinski definition) is 7. The molecule has 0 aromatic carbocycles. The predicted octanol–water partition coefficient (Wildman–Crippen LogP) is -1.42. The molecule has 0 amide bonds. The number of aliphatic hydroxyl groups is 3. The van der Waals surface area contributed by atoms with Gasteiger partial charge in [-0.1, -0.05) is 6.08 Å². The van der Waals surface area contributed by atoms with Crippen LogP contribution in [-0.4, -0.2) is 58.5 Å². The Balaban J connectivity index is 3.13. The first-order valence-electron chi connectivity index (χ1n) is 5.14. The van der Waals surface area contributed by atoms with Crippen LogP contribution in [0, 0.1) is 0 Å². The molecule has 8 nitrogen and oxygen atoms in total. The minimum absolute atomic E-state index is 0.317. The average molecular weight is 284 g/mol. The molecule has 1 aliphatic heterocycles. The number of hydrogen-bond donors (Lipinski definition) is 4. The summed E-state index contributed by atoms with van der Waals surface area (Å²) in [5.74, 6) is -2.21. The summed E-state index contributed by atoms with van der Waals surface area (Å²) < 4.78 is 39.7. The molecule has 0 spiro atoms. The lowest BCUT2D eigenvalue weighted by Crippen LogP contribution is -2.65. The number of aliphatic hydroxyl groups excluding tert-OH is 3. The summed E-state index contributed by atoms with van der Waals surface area (Å²) in [6.07, 6.45) is -5.11. The van der Waals surface area contributed by atoms with Gasteiger partial charge in [0.15, 0.2) is 0 Å². The fourth-order valence-corrected chi connectivity index (χ4v) is 2.39. The van der Waals surface area contributed by atoms with Crippen LogP contribution in [0.15, 0.2) is 12.7 Å². The van der Waals surface area contributed by atoms with E-state index in [0.717, 1.165) is 0 Å². The van der Waals surface area contributed by atoms with E-state index in [1.165, 1.54) is 13.0 Å². The molecule has 9 heteroatoms. The van der Waals surface area contributed by atoms with E-state index < -0.39 is 40.6 Å².